The molecule has 4 nitrogen and oxygen atoms in total. The van der Waals surface area contributed by atoms with Gasteiger partial charge in [-0.3, -0.25) is 4.52 Å². The molecule has 0 saturated heterocycles. The Hall–Kier alpha value is 0.110. The SMILES string of the molecule is [CH2]CCOP(=O)(O)O. The van der Waals surface area contributed by atoms with Gasteiger partial charge in [-0.1, -0.05) is 6.92 Å². The maximum Gasteiger partial charge on any atom is 0.469 e. The molecule has 0 unspecified atom stereocenters. The van der Waals surface area contributed by atoms with E-state index < -0.39 is 7.82 Å². The van der Waals surface area contributed by atoms with Crippen molar-refractivity contribution in [1.29, 1.82) is 0 Å². The summed E-state index contributed by atoms with van der Waals surface area (Å²) < 4.78 is 13.8. The van der Waals surface area contributed by atoms with Crippen LogP contribution in [0.5, 0.6) is 0 Å². The standard InChI is InChI=1S/C3H8O4P/c1-2-3-7-8(4,5)6/h1-3H2,(H2,4,5,6). The van der Waals surface area contributed by atoms with Crippen LogP contribution in [0.4, 0.5) is 0 Å². The molecule has 0 aromatic heterocycles. The van der Waals surface area contributed by atoms with E-state index in [1.807, 2.05) is 0 Å². The van der Waals surface area contributed by atoms with Crippen LogP contribution in [0.2, 0.25) is 0 Å². The zero-order valence-electron chi connectivity index (χ0n) is 4.28. The lowest BCUT2D eigenvalue weighted by Gasteiger charge is -2.00. The fourth-order valence-corrected chi connectivity index (χ4v) is 0.550. The Kier molecular flexibility index (Phi) is 3.24. The first-order valence-electron chi connectivity index (χ1n) is 2.05. The molecule has 0 amide bonds. The van der Waals surface area contributed by atoms with Gasteiger partial charge >= 0.3 is 7.82 Å². The first kappa shape index (κ1) is 8.11. The number of phosphoric acid groups is 1. The van der Waals surface area contributed by atoms with E-state index in [-0.39, 0.29) is 6.61 Å². The predicted octanol–water partition coefficient (Wildman–Crippen LogP) is 0.320. The predicted molar refractivity (Wildman–Crippen MR) is 28.0 cm³/mol. The Morgan fingerprint density at radius 3 is 2.25 bits per heavy atom. The quantitative estimate of drug-likeness (QED) is 0.552. The van der Waals surface area contributed by atoms with Crippen molar-refractivity contribution in [2.45, 2.75) is 6.42 Å². The smallest absolute Gasteiger partial charge is 0.303 e. The molecule has 0 aromatic carbocycles. The molecule has 0 fully saturated rings. The van der Waals surface area contributed by atoms with Gasteiger partial charge in [-0.2, -0.15) is 0 Å². The van der Waals surface area contributed by atoms with Crippen molar-refractivity contribution in [2.24, 2.45) is 0 Å². The van der Waals surface area contributed by atoms with E-state index in [4.69, 9.17) is 9.79 Å². The molecule has 0 aromatic rings. The molecule has 0 saturated carbocycles. The number of hydrogen-bond acceptors (Lipinski definition) is 2. The van der Waals surface area contributed by atoms with Crippen LogP contribution in [0.1, 0.15) is 6.42 Å². The fraction of sp³-hybridized carbons (Fsp3) is 0.667. The van der Waals surface area contributed by atoms with Crippen LogP contribution < -0.4 is 0 Å². The highest BCUT2D eigenvalue weighted by molar-refractivity contribution is 7.46. The van der Waals surface area contributed by atoms with E-state index in [2.05, 4.69) is 11.4 Å². The van der Waals surface area contributed by atoms with Crippen molar-refractivity contribution in [1.82, 2.24) is 0 Å². The van der Waals surface area contributed by atoms with Crippen LogP contribution >= 0.6 is 7.82 Å². The van der Waals surface area contributed by atoms with Crippen LogP contribution in [-0.2, 0) is 9.09 Å². The van der Waals surface area contributed by atoms with Crippen molar-refractivity contribution < 1.29 is 18.9 Å². The lowest BCUT2D eigenvalue weighted by molar-refractivity contribution is 0.200. The number of hydrogen-bond donors (Lipinski definition) is 2. The molecule has 5 heteroatoms. The molecule has 2 N–H and O–H groups in total. The first-order chi connectivity index (χ1) is 3.56. The zero-order valence-corrected chi connectivity index (χ0v) is 5.17. The maximum absolute atomic E-state index is 9.83. The Bertz CT molecular complexity index is 95.5. The monoisotopic (exact) mass is 139 g/mol. The molecular formula is C3H8O4P. The summed E-state index contributed by atoms with van der Waals surface area (Å²) in [6.07, 6.45) is 0.366. The topological polar surface area (TPSA) is 66.8 Å². The van der Waals surface area contributed by atoms with Gasteiger partial charge in [-0.15, -0.1) is 0 Å². The van der Waals surface area contributed by atoms with Crippen LogP contribution in [-0.4, -0.2) is 16.4 Å². The van der Waals surface area contributed by atoms with Crippen molar-refractivity contribution in [3.05, 3.63) is 6.92 Å². The Morgan fingerprint density at radius 1 is 1.62 bits per heavy atom. The summed E-state index contributed by atoms with van der Waals surface area (Å²) in [5.41, 5.74) is 0. The Morgan fingerprint density at radius 2 is 2.12 bits per heavy atom. The molecule has 49 valence electrons. The Labute approximate surface area is 47.7 Å². The molecule has 0 heterocycles. The summed E-state index contributed by atoms with van der Waals surface area (Å²) in [6, 6.07) is 0. The third-order valence-electron chi connectivity index (χ3n) is 0.404. The second kappa shape index (κ2) is 3.20. The molecular weight excluding hydrogens is 131 g/mol. The van der Waals surface area contributed by atoms with Crippen LogP contribution in [0.3, 0.4) is 0 Å². The summed E-state index contributed by atoms with van der Waals surface area (Å²) in [7, 11) is -4.22. The van der Waals surface area contributed by atoms with Gasteiger partial charge < -0.3 is 9.79 Å². The van der Waals surface area contributed by atoms with Gasteiger partial charge in [0, 0.05) is 0 Å². The maximum atomic E-state index is 9.83. The largest absolute Gasteiger partial charge is 0.469 e. The van der Waals surface area contributed by atoms with Crippen LogP contribution in [0.25, 0.3) is 0 Å². The van der Waals surface area contributed by atoms with Crippen LogP contribution in [0.15, 0.2) is 0 Å². The summed E-state index contributed by atoms with van der Waals surface area (Å²) in [5.74, 6) is 0. The summed E-state index contributed by atoms with van der Waals surface area (Å²) in [5, 5.41) is 0. The molecule has 0 aliphatic heterocycles. The van der Waals surface area contributed by atoms with Gasteiger partial charge in [-0.05, 0) is 6.42 Å². The molecule has 0 atom stereocenters. The van der Waals surface area contributed by atoms with Gasteiger partial charge in [-0.25, -0.2) is 4.57 Å². The molecule has 0 aliphatic carbocycles. The summed E-state index contributed by atoms with van der Waals surface area (Å²) in [6.45, 7) is 3.32. The minimum atomic E-state index is -4.22. The minimum absolute atomic E-state index is 0.00424. The summed E-state index contributed by atoms with van der Waals surface area (Å²) in [4.78, 5) is 16.0. The van der Waals surface area contributed by atoms with Gasteiger partial charge in [0.15, 0.2) is 0 Å². The molecule has 0 rings (SSSR count). The first-order valence-corrected chi connectivity index (χ1v) is 3.58. The van der Waals surface area contributed by atoms with Gasteiger partial charge in [0.25, 0.3) is 0 Å². The molecule has 1 radical (unpaired) electrons. The normalized spacial score (nSPS) is 11.9. The highest BCUT2D eigenvalue weighted by atomic mass is 31.2. The molecule has 0 spiro atoms. The van der Waals surface area contributed by atoms with Gasteiger partial charge in [0.1, 0.15) is 0 Å². The average Bonchev–Trinajstić information content (AvgIpc) is 1.59. The van der Waals surface area contributed by atoms with Crippen molar-refractivity contribution in [2.75, 3.05) is 6.61 Å². The fourth-order valence-electron chi connectivity index (χ4n) is 0.183. The zero-order chi connectivity index (χ0) is 6.62. The lowest BCUT2D eigenvalue weighted by atomic mass is 10.5. The number of rotatable bonds is 3. The minimum Gasteiger partial charge on any atom is -0.303 e. The van der Waals surface area contributed by atoms with Gasteiger partial charge in [0.05, 0.1) is 6.61 Å². The molecule has 0 aliphatic rings. The third-order valence-corrected chi connectivity index (χ3v) is 0.923. The van der Waals surface area contributed by atoms with E-state index in [1.165, 1.54) is 0 Å². The van der Waals surface area contributed by atoms with E-state index >= 15 is 0 Å². The Balaban J connectivity index is 3.26. The van der Waals surface area contributed by atoms with E-state index in [0.29, 0.717) is 6.42 Å². The van der Waals surface area contributed by atoms with E-state index in [0.717, 1.165) is 0 Å². The second-order valence-corrected chi connectivity index (χ2v) is 2.42. The third kappa shape index (κ3) is 6.11. The van der Waals surface area contributed by atoms with E-state index in [1.54, 1.807) is 0 Å². The van der Waals surface area contributed by atoms with E-state index in [9.17, 15) is 4.57 Å². The van der Waals surface area contributed by atoms with Crippen LogP contribution in [0, 0.1) is 6.92 Å². The van der Waals surface area contributed by atoms with Crippen molar-refractivity contribution in [3.63, 3.8) is 0 Å². The highest BCUT2D eigenvalue weighted by Gasteiger charge is 2.11. The van der Waals surface area contributed by atoms with Crippen molar-refractivity contribution in [3.8, 4) is 0 Å². The second-order valence-electron chi connectivity index (χ2n) is 1.18. The van der Waals surface area contributed by atoms with Gasteiger partial charge in [0.2, 0.25) is 0 Å². The van der Waals surface area contributed by atoms with Crippen molar-refractivity contribution >= 4 is 7.82 Å². The molecule has 8 heavy (non-hydrogen) atoms. The summed E-state index contributed by atoms with van der Waals surface area (Å²) >= 11 is 0. The lowest BCUT2D eigenvalue weighted by Crippen LogP contribution is -1.88. The highest BCUT2D eigenvalue weighted by Crippen LogP contribution is 2.35. The molecule has 0 bridgehead atoms. The average molecular weight is 139 g/mol. The number of phosphoric ester groups is 1.